The maximum absolute atomic E-state index is 11.9. The van der Waals surface area contributed by atoms with Gasteiger partial charge in [0.25, 0.3) is 0 Å². The van der Waals surface area contributed by atoms with Crippen molar-refractivity contribution in [3.8, 4) is 0 Å². The normalized spacial score (nSPS) is 11.5. The minimum atomic E-state index is -3.75. The highest BCUT2D eigenvalue weighted by Crippen LogP contribution is 2.15. The van der Waals surface area contributed by atoms with E-state index in [0.29, 0.717) is 13.1 Å². The molecule has 0 atom stereocenters. The lowest BCUT2D eigenvalue weighted by atomic mass is 10.3. The molecule has 0 aliphatic heterocycles. The van der Waals surface area contributed by atoms with Crippen LogP contribution in [0.25, 0.3) is 0 Å². The van der Waals surface area contributed by atoms with Gasteiger partial charge in [-0.3, -0.25) is 4.72 Å². The van der Waals surface area contributed by atoms with Crippen molar-refractivity contribution >= 4 is 21.9 Å². The second-order valence-electron chi connectivity index (χ2n) is 3.40. The van der Waals surface area contributed by atoms with Crippen molar-refractivity contribution in [2.24, 2.45) is 0 Å². The molecule has 1 rings (SSSR count). The summed E-state index contributed by atoms with van der Waals surface area (Å²) < 4.78 is 27.3. The number of nitrogens with zero attached hydrogens (tertiary/aromatic N) is 2. The molecule has 0 amide bonds. The third-order valence-corrected chi connectivity index (χ3v) is 3.97. The van der Waals surface area contributed by atoms with E-state index in [-0.39, 0.29) is 11.4 Å². The van der Waals surface area contributed by atoms with Gasteiger partial charge >= 0.3 is 16.2 Å². The zero-order valence-electron chi connectivity index (χ0n) is 10.1. The predicted molar refractivity (Wildman–Crippen MR) is 66.7 cm³/mol. The maximum atomic E-state index is 11.9. The van der Waals surface area contributed by atoms with Crippen LogP contribution >= 0.6 is 0 Å². The van der Waals surface area contributed by atoms with Crippen LogP contribution in [0.4, 0.5) is 5.69 Å². The molecule has 7 nitrogen and oxygen atoms in total. The number of pyridine rings is 1. The van der Waals surface area contributed by atoms with E-state index in [2.05, 4.69) is 9.71 Å². The first-order chi connectivity index (χ1) is 8.42. The lowest BCUT2D eigenvalue weighted by Gasteiger charge is -2.19. The molecule has 1 aromatic heterocycles. The number of aromatic carboxylic acids is 1. The number of hydrogen-bond acceptors (Lipinski definition) is 4. The number of nitrogens with one attached hydrogen (secondary N) is 1. The van der Waals surface area contributed by atoms with Crippen LogP contribution < -0.4 is 4.72 Å². The van der Waals surface area contributed by atoms with Crippen LogP contribution in [0.3, 0.4) is 0 Å². The van der Waals surface area contributed by atoms with E-state index in [1.807, 2.05) is 0 Å². The summed E-state index contributed by atoms with van der Waals surface area (Å²) in [5.74, 6) is -1.28. The molecule has 0 bridgehead atoms. The minimum absolute atomic E-state index is 0.0445. The van der Waals surface area contributed by atoms with E-state index < -0.39 is 16.2 Å². The summed E-state index contributed by atoms with van der Waals surface area (Å²) in [5.41, 5.74) is -0.370. The highest BCUT2D eigenvalue weighted by Gasteiger charge is 2.21. The standard InChI is InChI=1S/C10H15N3O4S/c1-3-13(4-2)18(16,17)12-8-6-5-7-11-9(8)10(14)15/h5-7,12H,3-4H2,1-2H3,(H,14,15). The van der Waals surface area contributed by atoms with Crippen LogP contribution in [0.15, 0.2) is 18.3 Å². The van der Waals surface area contributed by atoms with Gasteiger partial charge in [0.2, 0.25) is 0 Å². The Balaban J connectivity index is 3.08. The Morgan fingerprint density at radius 2 is 2.06 bits per heavy atom. The number of carbonyl (C=O) groups is 1. The fourth-order valence-electron chi connectivity index (χ4n) is 1.43. The summed E-state index contributed by atoms with van der Waals surface area (Å²) in [6.07, 6.45) is 1.29. The van der Waals surface area contributed by atoms with Crippen molar-refractivity contribution in [2.75, 3.05) is 17.8 Å². The third-order valence-electron chi connectivity index (χ3n) is 2.29. The molecule has 0 spiro atoms. The van der Waals surface area contributed by atoms with Gasteiger partial charge in [0.05, 0.1) is 5.69 Å². The molecule has 0 saturated heterocycles. The zero-order valence-corrected chi connectivity index (χ0v) is 10.9. The predicted octanol–water partition coefficient (Wildman–Crippen LogP) is 0.778. The Morgan fingerprint density at radius 1 is 1.44 bits per heavy atom. The van der Waals surface area contributed by atoms with E-state index in [4.69, 9.17) is 5.11 Å². The second kappa shape index (κ2) is 5.78. The van der Waals surface area contributed by atoms with Crippen molar-refractivity contribution in [1.82, 2.24) is 9.29 Å². The fraction of sp³-hybridized carbons (Fsp3) is 0.400. The van der Waals surface area contributed by atoms with Gasteiger partial charge in [-0.15, -0.1) is 0 Å². The fourth-order valence-corrected chi connectivity index (χ4v) is 2.68. The average Bonchev–Trinajstić information content (AvgIpc) is 2.29. The topological polar surface area (TPSA) is 99.6 Å². The molecule has 0 saturated carbocycles. The number of rotatable bonds is 6. The molecule has 1 aromatic rings. The Bertz CT molecular complexity index is 526. The molecular weight excluding hydrogens is 258 g/mol. The Hall–Kier alpha value is -1.67. The molecule has 0 aromatic carbocycles. The summed E-state index contributed by atoms with van der Waals surface area (Å²) in [7, 11) is -3.75. The van der Waals surface area contributed by atoms with E-state index in [1.165, 1.54) is 22.6 Å². The largest absolute Gasteiger partial charge is 0.476 e. The Labute approximate surface area is 106 Å². The quantitative estimate of drug-likeness (QED) is 0.797. The van der Waals surface area contributed by atoms with Gasteiger partial charge in [0.1, 0.15) is 0 Å². The molecule has 0 aliphatic rings. The van der Waals surface area contributed by atoms with E-state index in [1.54, 1.807) is 13.8 Å². The number of carboxylic acid groups (broad SMARTS) is 1. The highest BCUT2D eigenvalue weighted by molar-refractivity contribution is 7.90. The first kappa shape index (κ1) is 14.4. The molecular formula is C10H15N3O4S. The highest BCUT2D eigenvalue weighted by atomic mass is 32.2. The van der Waals surface area contributed by atoms with E-state index >= 15 is 0 Å². The molecule has 0 fully saturated rings. The summed E-state index contributed by atoms with van der Waals surface area (Å²) in [5, 5.41) is 8.90. The number of aromatic nitrogens is 1. The molecule has 1 heterocycles. The maximum Gasteiger partial charge on any atom is 0.356 e. The summed E-state index contributed by atoms with van der Waals surface area (Å²) in [4.78, 5) is 14.5. The molecule has 100 valence electrons. The van der Waals surface area contributed by atoms with Gasteiger partial charge in [-0.1, -0.05) is 13.8 Å². The van der Waals surface area contributed by atoms with Crippen molar-refractivity contribution in [3.63, 3.8) is 0 Å². The number of hydrogen-bond donors (Lipinski definition) is 2. The second-order valence-corrected chi connectivity index (χ2v) is 5.07. The van der Waals surface area contributed by atoms with Gasteiger partial charge < -0.3 is 5.11 Å². The van der Waals surface area contributed by atoms with Gasteiger partial charge in [-0.05, 0) is 12.1 Å². The van der Waals surface area contributed by atoms with Crippen LogP contribution in [-0.2, 0) is 10.2 Å². The van der Waals surface area contributed by atoms with Crippen LogP contribution in [-0.4, -0.2) is 41.9 Å². The van der Waals surface area contributed by atoms with Gasteiger partial charge in [0, 0.05) is 19.3 Å². The molecule has 0 radical (unpaired) electrons. The Kier molecular flexibility index (Phi) is 4.62. The first-order valence-electron chi connectivity index (χ1n) is 5.38. The molecule has 0 aliphatic carbocycles. The lowest BCUT2D eigenvalue weighted by molar-refractivity contribution is 0.0692. The van der Waals surface area contributed by atoms with Gasteiger partial charge in [0.15, 0.2) is 5.69 Å². The van der Waals surface area contributed by atoms with Crippen molar-refractivity contribution in [1.29, 1.82) is 0 Å². The van der Waals surface area contributed by atoms with Crippen molar-refractivity contribution in [3.05, 3.63) is 24.0 Å². The van der Waals surface area contributed by atoms with Crippen molar-refractivity contribution in [2.45, 2.75) is 13.8 Å². The smallest absolute Gasteiger partial charge is 0.356 e. The summed E-state index contributed by atoms with van der Waals surface area (Å²) in [6.45, 7) is 4.00. The zero-order chi connectivity index (χ0) is 13.8. The van der Waals surface area contributed by atoms with E-state index in [0.717, 1.165) is 0 Å². The van der Waals surface area contributed by atoms with E-state index in [9.17, 15) is 13.2 Å². The monoisotopic (exact) mass is 273 g/mol. The minimum Gasteiger partial charge on any atom is -0.476 e. The lowest BCUT2D eigenvalue weighted by Crippen LogP contribution is -2.36. The molecule has 18 heavy (non-hydrogen) atoms. The number of anilines is 1. The first-order valence-corrected chi connectivity index (χ1v) is 6.82. The van der Waals surface area contributed by atoms with Crippen molar-refractivity contribution < 1.29 is 18.3 Å². The van der Waals surface area contributed by atoms with Gasteiger partial charge in [-0.2, -0.15) is 12.7 Å². The molecule has 0 unspecified atom stereocenters. The Morgan fingerprint density at radius 3 is 2.56 bits per heavy atom. The summed E-state index contributed by atoms with van der Waals surface area (Å²) >= 11 is 0. The average molecular weight is 273 g/mol. The van der Waals surface area contributed by atoms with Crippen LogP contribution in [0.2, 0.25) is 0 Å². The molecule has 8 heteroatoms. The third kappa shape index (κ3) is 3.17. The van der Waals surface area contributed by atoms with Crippen LogP contribution in [0, 0.1) is 0 Å². The van der Waals surface area contributed by atoms with Crippen LogP contribution in [0.1, 0.15) is 24.3 Å². The molecule has 2 N–H and O–H groups in total. The van der Waals surface area contributed by atoms with Crippen LogP contribution in [0.5, 0.6) is 0 Å². The number of carboxylic acids is 1. The SMILES string of the molecule is CCN(CC)S(=O)(=O)Nc1cccnc1C(=O)O. The summed E-state index contributed by atoms with van der Waals surface area (Å²) in [6, 6.07) is 2.82. The van der Waals surface area contributed by atoms with Gasteiger partial charge in [-0.25, -0.2) is 9.78 Å².